The van der Waals surface area contributed by atoms with Gasteiger partial charge in [0.25, 0.3) is 0 Å². The van der Waals surface area contributed by atoms with E-state index in [-0.39, 0.29) is 11.6 Å². The van der Waals surface area contributed by atoms with Crippen LogP contribution < -0.4 is 0 Å². The van der Waals surface area contributed by atoms with E-state index in [4.69, 9.17) is 5.41 Å². The van der Waals surface area contributed by atoms with Gasteiger partial charge in [-0.1, -0.05) is 38.3 Å². The lowest BCUT2D eigenvalue weighted by Crippen LogP contribution is -2.12. The molecule has 0 saturated carbocycles. The highest BCUT2D eigenvalue weighted by molar-refractivity contribution is 6.04. The number of benzene rings is 2. The second kappa shape index (κ2) is 11.6. The summed E-state index contributed by atoms with van der Waals surface area (Å²) in [6.07, 6.45) is 9.83. The van der Waals surface area contributed by atoms with Gasteiger partial charge in [0, 0.05) is 17.8 Å². The van der Waals surface area contributed by atoms with Crippen molar-refractivity contribution in [2.24, 2.45) is 4.99 Å². The quantitative estimate of drug-likeness (QED) is 0.147. The number of hydrogen-bond donors (Lipinski definition) is 2. The smallest absolute Gasteiger partial charge is 0.194 e. The molecule has 0 bridgehead atoms. The first kappa shape index (κ1) is 25.9. The lowest BCUT2D eigenvalue weighted by Gasteiger charge is -2.18. The molecular formula is C27H29F3N4O. The van der Waals surface area contributed by atoms with Gasteiger partial charge in [0.05, 0.1) is 17.7 Å². The molecule has 5 nitrogen and oxygen atoms in total. The van der Waals surface area contributed by atoms with Crippen LogP contribution in [0.25, 0.3) is 11.8 Å². The zero-order valence-corrected chi connectivity index (χ0v) is 20.0. The van der Waals surface area contributed by atoms with E-state index in [2.05, 4.69) is 16.9 Å². The maximum absolute atomic E-state index is 13.9. The Balaban J connectivity index is 1.79. The molecule has 0 amide bonds. The largest absolute Gasteiger partial charge is 0.506 e. The van der Waals surface area contributed by atoms with E-state index in [0.29, 0.717) is 28.9 Å². The van der Waals surface area contributed by atoms with Crippen molar-refractivity contribution in [2.45, 2.75) is 52.4 Å². The van der Waals surface area contributed by atoms with Gasteiger partial charge in [-0.2, -0.15) is 0 Å². The van der Waals surface area contributed by atoms with Crippen molar-refractivity contribution in [1.82, 2.24) is 9.55 Å². The molecule has 0 radical (unpaired) electrons. The van der Waals surface area contributed by atoms with Crippen LogP contribution >= 0.6 is 0 Å². The third-order valence-electron chi connectivity index (χ3n) is 5.73. The Labute approximate surface area is 203 Å². The fourth-order valence-electron chi connectivity index (χ4n) is 3.89. The topological polar surface area (TPSA) is 74.3 Å². The minimum absolute atomic E-state index is 0.0557. The minimum atomic E-state index is -1.50. The molecule has 1 aromatic heterocycles. The Morgan fingerprint density at radius 2 is 1.89 bits per heavy atom. The molecule has 1 unspecified atom stereocenters. The summed E-state index contributed by atoms with van der Waals surface area (Å²) in [5.74, 6) is -4.41. The highest BCUT2D eigenvalue weighted by Crippen LogP contribution is 2.28. The summed E-state index contributed by atoms with van der Waals surface area (Å²) in [4.78, 5) is 8.47. The SMILES string of the molecule is CCCCCC(C(C)=NC(=N)/C=C/c1ccc(-n2cnc(C)c2)c(O)c1)c1cc(F)c(F)c(F)c1. The van der Waals surface area contributed by atoms with Gasteiger partial charge in [0.1, 0.15) is 11.6 Å². The number of unbranched alkanes of at least 4 members (excludes halogenated alkanes) is 2. The van der Waals surface area contributed by atoms with Crippen LogP contribution in [0.1, 0.15) is 62.3 Å². The lowest BCUT2D eigenvalue weighted by molar-refractivity contribution is 0.444. The number of nitrogens with one attached hydrogen (secondary N) is 1. The number of imidazole rings is 1. The maximum atomic E-state index is 13.9. The first-order chi connectivity index (χ1) is 16.7. The van der Waals surface area contributed by atoms with Crippen molar-refractivity contribution in [3.63, 3.8) is 0 Å². The molecule has 0 aliphatic carbocycles. The summed E-state index contributed by atoms with van der Waals surface area (Å²) in [6.45, 7) is 5.61. The first-order valence-corrected chi connectivity index (χ1v) is 11.5. The van der Waals surface area contributed by atoms with Crippen LogP contribution in [0.5, 0.6) is 5.75 Å². The standard InChI is InChI=1S/C27H29F3N4O/c1-4-5-6-7-21(20-13-22(28)27(30)23(29)14-20)18(3)33-26(31)11-9-19-8-10-24(25(35)12-19)34-15-17(2)32-16-34/h8-16,21,31,35H,4-7H2,1-3H3/b11-9+,31-26?,33-18?. The summed E-state index contributed by atoms with van der Waals surface area (Å²) in [5, 5.41) is 18.6. The van der Waals surface area contributed by atoms with E-state index in [0.717, 1.165) is 37.1 Å². The molecule has 0 saturated heterocycles. The number of aryl methyl sites for hydroxylation is 1. The number of aromatic hydroxyl groups is 1. The van der Waals surface area contributed by atoms with Crippen LogP contribution in [0.3, 0.4) is 0 Å². The highest BCUT2D eigenvalue weighted by Gasteiger charge is 2.20. The molecule has 8 heteroatoms. The monoisotopic (exact) mass is 482 g/mol. The van der Waals surface area contributed by atoms with Gasteiger partial charge in [0.15, 0.2) is 17.5 Å². The molecule has 1 atom stereocenters. The van der Waals surface area contributed by atoms with Gasteiger partial charge in [-0.15, -0.1) is 0 Å². The van der Waals surface area contributed by atoms with Crippen molar-refractivity contribution in [1.29, 1.82) is 5.41 Å². The number of halogens is 3. The summed E-state index contributed by atoms with van der Waals surface area (Å²) < 4.78 is 42.9. The van der Waals surface area contributed by atoms with Crippen molar-refractivity contribution in [3.8, 4) is 11.4 Å². The number of phenols is 1. The molecular weight excluding hydrogens is 453 g/mol. The molecule has 0 aliphatic heterocycles. The third-order valence-corrected chi connectivity index (χ3v) is 5.73. The molecule has 0 spiro atoms. The number of amidine groups is 1. The van der Waals surface area contributed by atoms with Crippen LogP contribution in [0.4, 0.5) is 13.2 Å². The van der Waals surface area contributed by atoms with Gasteiger partial charge in [0.2, 0.25) is 0 Å². The van der Waals surface area contributed by atoms with Crippen molar-refractivity contribution < 1.29 is 18.3 Å². The van der Waals surface area contributed by atoms with E-state index in [1.54, 1.807) is 48.3 Å². The predicted octanol–water partition coefficient (Wildman–Crippen LogP) is 7.12. The van der Waals surface area contributed by atoms with E-state index < -0.39 is 23.4 Å². The third kappa shape index (κ3) is 6.68. The summed E-state index contributed by atoms with van der Waals surface area (Å²) in [5.41, 5.74) is 2.89. The number of hydrogen-bond acceptors (Lipinski definition) is 3. The lowest BCUT2D eigenvalue weighted by atomic mass is 9.89. The number of rotatable bonds is 9. The van der Waals surface area contributed by atoms with Gasteiger partial charge < -0.3 is 9.67 Å². The van der Waals surface area contributed by atoms with E-state index >= 15 is 0 Å². The first-order valence-electron chi connectivity index (χ1n) is 11.5. The molecule has 0 aliphatic rings. The molecule has 3 rings (SSSR count). The van der Waals surface area contributed by atoms with Gasteiger partial charge >= 0.3 is 0 Å². The predicted molar refractivity (Wildman–Crippen MR) is 133 cm³/mol. The molecule has 0 fully saturated rings. The maximum Gasteiger partial charge on any atom is 0.194 e. The summed E-state index contributed by atoms with van der Waals surface area (Å²) in [6, 6.07) is 7.11. The average Bonchev–Trinajstić information content (AvgIpc) is 3.24. The molecule has 2 N–H and O–H groups in total. The second-order valence-corrected chi connectivity index (χ2v) is 8.49. The zero-order chi connectivity index (χ0) is 25.5. The Kier molecular flexibility index (Phi) is 8.63. The fraction of sp³-hybridized carbons (Fsp3) is 0.296. The summed E-state index contributed by atoms with van der Waals surface area (Å²) >= 11 is 0. The molecule has 2 aromatic carbocycles. The van der Waals surface area contributed by atoms with E-state index in [9.17, 15) is 18.3 Å². The molecule has 3 aromatic rings. The zero-order valence-electron chi connectivity index (χ0n) is 20.0. The number of aliphatic imine (C=N–C) groups is 1. The molecule has 184 valence electrons. The second-order valence-electron chi connectivity index (χ2n) is 8.49. The number of aromatic nitrogens is 2. The van der Waals surface area contributed by atoms with Crippen molar-refractivity contribution in [2.75, 3.05) is 0 Å². The van der Waals surface area contributed by atoms with E-state index in [1.807, 2.05) is 6.92 Å². The summed E-state index contributed by atoms with van der Waals surface area (Å²) in [7, 11) is 0. The minimum Gasteiger partial charge on any atom is -0.506 e. The Morgan fingerprint density at radius 3 is 2.49 bits per heavy atom. The molecule has 1 heterocycles. The number of phenolic OH excluding ortho intramolecular Hbond substituents is 1. The Hall–Kier alpha value is -3.68. The van der Waals surface area contributed by atoms with Crippen molar-refractivity contribution >= 4 is 17.6 Å². The Morgan fingerprint density at radius 1 is 1.17 bits per heavy atom. The van der Waals surface area contributed by atoms with Crippen LogP contribution in [-0.2, 0) is 0 Å². The fourth-order valence-corrected chi connectivity index (χ4v) is 3.89. The average molecular weight is 483 g/mol. The van der Waals surface area contributed by atoms with Crippen LogP contribution in [0, 0.1) is 29.8 Å². The van der Waals surface area contributed by atoms with Gasteiger partial charge in [-0.3, -0.25) is 5.41 Å². The van der Waals surface area contributed by atoms with Crippen LogP contribution in [0.15, 0.2) is 53.9 Å². The Bertz CT molecular complexity index is 1240. The van der Waals surface area contributed by atoms with Crippen LogP contribution in [0.2, 0.25) is 0 Å². The normalized spacial score (nSPS) is 12.9. The number of nitrogens with zero attached hydrogens (tertiary/aromatic N) is 3. The molecule has 35 heavy (non-hydrogen) atoms. The van der Waals surface area contributed by atoms with Gasteiger partial charge in [-0.05, 0) is 61.7 Å². The van der Waals surface area contributed by atoms with Crippen molar-refractivity contribution in [3.05, 3.63) is 83.2 Å². The van der Waals surface area contributed by atoms with Gasteiger partial charge in [-0.25, -0.2) is 23.1 Å². The highest BCUT2D eigenvalue weighted by atomic mass is 19.2. The van der Waals surface area contributed by atoms with Crippen LogP contribution in [-0.4, -0.2) is 26.2 Å². The van der Waals surface area contributed by atoms with E-state index in [1.165, 1.54) is 6.08 Å².